The Kier molecular flexibility index (Phi) is 8.88. The van der Waals surface area contributed by atoms with E-state index in [0.717, 1.165) is 16.7 Å². The summed E-state index contributed by atoms with van der Waals surface area (Å²) in [5.74, 6) is -0.316. The molecule has 0 bridgehead atoms. The minimum absolute atomic E-state index is 0.384. The van der Waals surface area contributed by atoms with E-state index in [-0.39, 0.29) is 0 Å². The minimum Gasteiger partial charge on any atom is -0.423 e. The lowest BCUT2D eigenvalue weighted by atomic mass is 9.71. The number of benzene rings is 3. The molecule has 0 unspecified atom stereocenters. The third-order valence-corrected chi connectivity index (χ3v) is 7.67. The van der Waals surface area contributed by atoms with E-state index in [9.17, 15) is 14.4 Å². The third kappa shape index (κ3) is 6.94. The first-order valence-electron chi connectivity index (χ1n) is 14.6. The van der Waals surface area contributed by atoms with Gasteiger partial charge in [0.25, 0.3) is 0 Å². The van der Waals surface area contributed by atoms with Gasteiger partial charge in [0, 0.05) is 42.6 Å². The van der Waals surface area contributed by atoms with Gasteiger partial charge in [-0.2, -0.15) is 0 Å². The summed E-state index contributed by atoms with van der Waals surface area (Å²) in [4.78, 5) is 49.6. The molecule has 0 aliphatic rings. The number of pyridine rings is 3. The van der Waals surface area contributed by atoms with Gasteiger partial charge in [0.15, 0.2) is 0 Å². The van der Waals surface area contributed by atoms with Crippen LogP contribution >= 0.6 is 0 Å². The monoisotopic (exact) mass is 621 g/mol. The maximum atomic E-state index is 12.6. The molecule has 0 radical (unpaired) electrons. The molecule has 47 heavy (non-hydrogen) atoms. The molecule has 9 nitrogen and oxygen atoms in total. The zero-order chi connectivity index (χ0) is 32.6. The fraction of sp³-hybridized carbons (Fsp3) is 0.0526. The SMILES string of the molecule is CC(c1ccc(OC(=O)c2ccncc2)cc1)(c1ccc(OC(=O)c2ccncc2)cc1)c1ccc(OC(=O)c2ccncc2)cc1. The van der Waals surface area contributed by atoms with Gasteiger partial charge in [-0.25, -0.2) is 14.4 Å². The van der Waals surface area contributed by atoms with E-state index < -0.39 is 23.3 Å². The Bertz CT molecular complexity index is 1750. The summed E-state index contributed by atoms with van der Waals surface area (Å²) in [5.41, 5.74) is 3.13. The Morgan fingerprint density at radius 3 is 0.872 bits per heavy atom. The molecule has 3 aromatic carbocycles. The molecule has 0 saturated heterocycles. The molecule has 0 aliphatic heterocycles. The number of carbonyl (C=O) groups is 3. The third-order valence-electron chi connectivity index (χ3n) is 7.67. The van der Waals surface area contributed by atoms with Crippen LogP contribution in [0, 0.1) is 0 Å². The van der Waals surface area contributed by atoms with Gasteiger partial charge in [-0.05, 0) is 96.4 Å². The highest BCUT2D eigenvalue weighted by Gasteiger charge is 2.32. The lowest BCUT2D eigenvalue weighted by Gasteiger charge is -2.32. The molecule has 6 rings (SSSR count). The molecular formula is C38H27N3O6. The number of ether oxygens (including phenoxy) is 3. The Hall–Kier alpha value is -6.48. The van der Waals surface area contributed by atoms with Crippen molar-refractivity contribution in [2.24, 2.45) is 0 Å². The normalized spacial score (nSPS) is 10.9. The van der Waals surface area contributed by atoms with E-state index in [4.69, 9.17) is 14.2 Å². The molecular weight excluding hydrogens is 594 g/mol. The topological polar surface area (TPSA) is 118 Å². The number of rotatable bonds is 9. The van der Waals surface area contributed by atoms with Crippen LogP contribution in [-0.4, -0.2) is 32.9 Å². The van der Waals surface area contributed by atoms with Gasteiger partial charge in [0.2, 0.25) is 0 Å². The summed E-state index contributed by atoms with van der Waals surface area (Å²) in [5, 5.41) is 0. The van der Waals surface area contributed by atoms with Crippen LogP contribution in [0.2, 0.25) is 0 Å². The summed E-state index contributed by atoms with van der Waals surface area (Å²) in [7, 11) is 0. The second-order valence-electron chi connectivity index (χ2n) is 10.6. The fourth-order valence-electron chi connectivity index (χ4n) is 5.03. The number of esters is 3. The zero-order valence-electron chi connectivity index (χ0n) is 25.1. The van der Waals surface area contributed by atoms with Gasteiger partial charge < -0.3 is 14.2 Å². The molecule has 0 atom stereocenters. The van der Waals surface area contributed by atoms with Crippen LogP contribution in [0.1, 0.15) is 54.7 Å². The van der Waals surface area contributed by atoms with Crippen LogP contribution in [0.15, 0.2) is 146 Å². The lowest BCUT2D eigenvalue weighted by molar-refractivity contribution is 0.0725. The average Bonchev–Trinajstić information content (AvgIpc) is 3.13. The van der Waals surface area contributed by atoms with E-state index in [2.05, 4.69) is 21.9 Å². The van der Waals surface area contributed by atoms with E-state index in [1.807, 2.05) is 36.4 Å². The smallest absolute Gasteiger partial charge is 0.343 e. The largest absolute Gasteiger partial charge is 0.423 e. The average molecular weight is 622 g/mol. The molecule has 3 heterocycles. The molecule has 9 heteroatoms. The minimum atomic E-state index is -0.727. The van der Waals surface area contributed by atoms with Crippen molar-refractivity contribution in [3.63, 3.8) is 0 Å². The van der Waals surface area contributed by atoms with Gasteiger partial charge in [0.1, 0.15) is 17.2 Å². The molecule has 6 aromatic rings. The summed E-state index contributed by atoms with van der Waals surface area (Å²) in [6.45, 7) is 2.06. The number of hydrogen-bond donors (Lipinski definition) is 0. The van der Waals surface area contributed by atoms with Gasteiger partial charge in [-0.3, -0.25) is 15.0 Å². The van der Waals surface area contributed by atoms with Crippen molar-refractivity contribution in [1.82, 2.24) is 15.0 Å². The molecule has 230 valence electrons. The van der Waals surface area contributed by atoms with Crippen molar-refractivity contribution in [2.75, 3.05) is 0 Å². The summed E-state index contributed by atoms with van der Waals surface area (Å²) < 4.78 is 16.8. The first-order chi connectivity index (χ1) is 22.9. The van der Waals surface area contributed by atoms with Crippen LogP contribution in [0.25, 0.3) is 0 Å². The number of nitrogens with zero attached hydrogens (tertiary/aromatic N) is 3. The molecule has 0 N–H and O–H groups in total. The Morgan fingerprint density at radius 1 is 0.404 bits per heavy atom. The van der Waals surface area contributed by atoms with Gasteiger partial charge in [-0.15, -0.1) is 0 Å². The Morgan fingerprint density at radius 2 is 0.638 bits per heavy atom. The predicted octanol–water partition coefficient (Wildman–Crippen LogP) is 6.88. The Labute approximate surface area is 270 Å². The molecule has 0 amide bonds. The quantitative estimate of drug-likeness (QED) is 0.0967. The fourth-order valence-corrected chi connectivity index (χ4v) is 5.03. The summed E-state index contributed by atoms with van der Waals surface area (Å²) >= 11 is 0. The van der Waals surface area contributed by atoms with Crippen LogP contribution in [0.4, 0.5) is 0 Å². The molecule has 0 spiro atoms. The molecule has 0 aliphatic carbocycles. The van der Waals surface area contributed by atoms with E-state index in [1.165, 1.54) is 37.2 Å². The van der Waals surface area contributed by atoms with Crippen molar-refractivity contribution in [1.29, 1.82) is 0 Å². The number of aromatic nitrogens is 3. The zero-order valence-corrected chi connectivity index (χ0v) is 25.1. The highest BCUT2D eigenvalue weighted by atomic mass is 16.5. The van der Waals surface area contributed by atoms with E-state index in [0.29, 0.717) is 33.9 Å². The van der Waals surface area contributed by atoms with Crippen molar-refractivity contribution in [2.45, 2.75) is 12.3 Å². The van der Waals surface area contributed by atoms with Crippen LogP contribution in [-0.2, 0) is 5.41 Å². The summed E-state index contributed by atoms with van der Waals surface area (Å²) in [6, 6.07) is 31.3. The van der Waals surface area contributed by atoms with Crippen molar-refractivity contribution in [3.8, 4) is 17.2 Å². The highest BCUT2D eigenvalue weighted by molar-refractivity contribution is 5.92. The van der Waals surface area contributed by atoms with Crippen molar-refractivity contribution in [3.05, 3.63) is 180 Å². The van der Waals surface area contributed by atoms with Crippen LogP contribution in [0.3, 0.4) is 0 Å². The summed E-state index contributed by atoms with van der Waals surface area (Å²) in [6.07, 6.45) is 9.18. The standard InChI is InChI=1S/C38H27N3O6/c1-38(29-2-8-32(9-3-29)45-35(42)26-14-20-39-21-15-26,30-4-10-33(11-5-30)46-36(43)27-16-22-40-23-17-27)31-6-12-34(13-7-31)47-37(44)28-18-24-41-25-19-28/h2-25H,1H3. The van der Waals surface area contributed by atoms with E-state index in [1.54, 1.807) is 72.8 Å². The first-order valence-corrected chi connectivity index (χ1v) is 14.6. The molecule has 0 saturated carbocycles. The van der Waals surface area contributed by atoms with Crippen molar-refractivity contribution < 1.29 is 28.6 Å². The first kappa shape index (κ1) is 30.5. The predicted molar refractivity (Wildman–Crippen MR) is 172 cm³/mol. The maximum Gasteiger partial charge on any atom is 0.343 e. The van der Waals surface area contributed by atoms with E-state index >= 15 is 0 Å². The second-order valence-corrected chi connectivity index (χ2v) is 10.6. The molecule has 3 aromatic heterocycles. The highest BCUT2D eigenvalue weighted by Crippen LogP contribution is 2.40. The van der Waals surface area contributed by atoms with Crippen LogP contribution < -0.4 is 14.2 Å². The number of carbonyl (C=O) groups excluding carboxylic acids is 3. The Balaban J connectivity index is 1.29. The van der Waals surface area contributed by atoms with Gasteiger partial charge in [0.05, 0.1) is 16.7 Å². The second kappa shape index (κ2) is 13.7. The van der Waals surface area contributed by atoms with Gasteiger partial charge in [-0.1, -0.05) is 36.4 Å². The van der Waals surface area contributed by atoms with Gasteiger partial charge >= 0.3 is 17.9 Å². The van der Waals surface area contributed by atoms with Crippen LogP contribution in [0.5, 0.6) is 17.2 Å². The number of hydrogen-bond acceptors (Lipinski definition) is 9. The maximum absolute atomic E-state index is 12.6. The lowest BCUT2D eigenvalue weighted by Crippen LogP contribution is -2.25. The molecule has 0 fully saturated rings. The van der Waals surface area contributed by atoms with Crippen molar-refractivity contribution >= 4 is 17.9 Å².